The van der Waals surface area contributed by atoms with Crippen molar-refractivity contribution >= 4 is 22.8 Å². The van der Waals surface area contributed by atoms with Gasteiger partial charge in [0.2, 0.25) is 5.91 Å². The van der Waals surface area contributed by atoms with Gasteiger partial charge in [-0.25, -0.2) is 4.79 Å². The van der Waals surface area contributed by atoms with Gasteiger partial charge in [0, 0.05) is 6.54 Å². The highest BCUT2D eigenvalue weighted by Crippen LogP contribution is 2.17. The number of hydrogen-bond donors (Lipinski definition) is 1. The summed E-state index contributed by atoms with van der Waals surface area (Å²) in [7, 11) is 1.28. The van der Waals surface area contributed by atoms with Crippen LogP contribution in [0.15, 0.2) is 64.2 Å². The van der Waals surface area contributed by atoms with Gasteiger partial charge in [0.15, 0.2) is 0 Å². The number of benzene rings is 2. The SMILES string of the molecule is CCn1c(=O)c2ccccc2n(CC(=O)NC(CC(=O)OC)c2ccccc2)c1=O. The standard InChI is InChI=1S/C22H23N3O5/c1-3-24-21(28)16-11-7-8-12-18(16)25(22(24)29)14-19(26)23-17(13-20(27)30-2)15-9-5-4-6-10-15/h4-12,17H,3,13-14H2,1-2H3,(H,23,26). The van der Waals surface area contributed by atoms with Crippen LogP contribution in [0.4, 0.5) is 0 Å². The molecule has 3 rings (SSSR count). The Morgan fingerprint density at radius 3 is 2.33 bits per heavy atom. The number of hydrogen-bond acceptors (Lipinski definition) is 5. The van der Waals surface area contributed by atoms with E-state index >= 15 is 0 Å². The average molecular weight is 409 g/mol. The van der Waals surface area contributed by atoms with Gasteiger partial charge < -0.3 is 10.1 Å². The third-order valence-electron chi connectivity index (χ3n) is 4.89. The first-order chi connectivity index (χ1) is 14.5. The fourth-order valence-electron chi connectivity index (χ4n) is 3.37. The van der Waals surface area contributed by atoms with E-state index < -0.39 is 23.6 Å². The summed E-state index contributed by atoms with van der Waals surface area (Å²) in [6.45, 7) is 1.60. The molecule has 0 radical (unpaired) electrons. The van der Waals surface area contributed by atoms with Crippen LogP contribution in [0.5, 0.6) is 0 Å². The molecule has 1 N–H and O–H groups in total. The summed E-state index contributed by atoms with van der Waals surface area (Å²) in [5.74, 6) is -0.924. The number of amides is 1. The van der Waals surface area contributed by atoms with E-state index in [0.717, 1.165) is 10.1 Å². The summed E-state index contributed by atoms with van der Waals surface area (Å²) in [4.78, 5) is 50.0. The number of nitrogens with zero attached hydrogens (tertiary/aromatic N) is 2. The predicted octanol–water partition coefficient (Wildman–Crippen LogP) is 1.60. The van der Waals surface area contributed by atoms with Crippen LogP contribution in [0.3, 0.4) is 0 Å². The highest BCUT2D eigenvalue weighted by Gasteiger charge is 2.20. The minimum Gasteiger partial charge on any atom is -0.469 e. The van der Waals surface area contributed by atoms with Crippen molar-refractivity contribution in [3.8, 4) is 0 Å². The fourth-order valence-corrected chi connectivity index (χ4v) is 3.37. The second-order valence-electron chi connectivity index (χ2n) is 6.75. The van der Waals surface area contributed by atoms with Gasteiger partial charge in [0.1, 0.15) is 6.54 Å². The number of aromatic nitrogens is 2. The lowest BCUT2D eigenvalue weighted by molar-refractivity contribution is -0.141. The molecule has 0 spiro atoms. The van der Waals surface area contributed by atoms with Crippen LogP contribution in [0.2, 0.25) is 0 Å². The molecule has 156 valence electrons. The zero-order chi connectivity index (χ0) is 21.7. The van der Waals surface area contributed by atoms with Crippen molar-refractivity contribution in [3.63, 3.8) is 0 Å². The Morgan fingerprint density at radius 1 is 1.00 bits per heavy atom. The van der Waals surface area contributed by atoms with Crippen molar-refractivity contribution in [2.45, 2.75) is 32.5 Å². The number of carbonyl (C=O) groups is 2. The number of para-hydroxylation sites is 1. The van der Waals surface area contributed by atoms with E-state index in [1.54, 1.807) is 55.5 Å². The molecule has 1 heterocycles. The summed E-state index contributed by atoms with van der Waals surface area (Å²) in [5.41, 5.74) is 0.187. The number of rotatable bonds is 7. The topological polar surface area (TPSA) is 99.4 Å². The Bertz CT molecular complexity index is 1180. The molecule has 0 fully saturated rings. The lowest BCUT2D eigenvalue weighted by Crippen LogP contribution is -2.43. The number of ether oxygens (including phenoxy) is 1. The molecule has 1 amide bonds. The van der Waals surface area contributed by atoms with Gasteiger partial charge in [-0.3, -0.25) is 23.5 Å². The molecule has 0 aliphatic rings. The molecule has 1 unspecified atom stereocenters. The Labute approximate surface area is 172 Å². The summed E-state index contributed by atoms with van der Waals surface area (Å²) in [5, 5.41) is 3.17. The Balaban J connectivity index is 1.95. The third-order valence-corrected chi connectivity index (χ3v) is 4.89. The lowest BCUT2D eigenvalue weighted by Gasteiger charge is -2.19. The van der Waals surface area contributed by atoms with E-state index in [1.165, 1.54) is 11.7 Å². The Kier molecular flexibility index (Phi) is 6.46. The zero-order valence-electron chi connectivity index (χ0n) is 16.8. The Hall–Kier alpha value is -3.68. The lowest BCUT2D eigenvalue weighted by atomic mass is 10.0. The molecule has 2 aromatic carbocycles. The minimum atomic E-state index is -0.606. The van der Waals surface area contributed by atoms with Crippen molar-refractivity contribution in [3.05, 3.63) is 81.0 Å². The van der Waals surface area contributed by atoms with Crippen molar-refractivity contribution in [2.24, 2.45) is 0 Å². The second kappa shape index (κ2) is 9.21. The molecule has 0 aliphatic heterocycles. The highest BCUT2D eigenvalue weighted by molar-refractivity contribution is 5.82. The molecule has 3 aromatic rings. The molecule has 0 saturated heterocycles. The van der Waals surface area contributed by atoms with Gasteiger partial charge >= 0.3 is 11.7 Å². The molecular weight excluding hydrogens is 386 g/mol. The largest absolute Gasteiger partial charge is 0.469 e. The monoisotopic (exact) mass is 409 g/mol. The number of methoxy groups -OCH3 is 1. The molecule has 1 aromatic heterocycles. The van der Waals surface area contributed by atoms with Crippen LogP contribution < -0.4 is 16.6 Å². The smallest absolute Gasteiger partial charge is 0.331 e. The minimum absolute atomic E-state index is 0.0453. The Morgan fingerprint density at radius 2 is 1.67 bits per heavy atom. The van der Waals surface area contributed by atoms with Crippen LogP contribution in [0, 0.1) is 0 Å². The molecule has 8 nitrogen and oxygen atoms in total. The van der Waals surface area contributed by atoms with Crippen molar-refractivity contribution in [1.82, 2.24) is 14.5 Å². The molecule has 0 bridgehead atoms. The number of fused-ring (bicyclic) bond motifs is 1. The van der Waals surface area contributed by atoms with E-state index in [1.807, 2.05) is 6.07 Å². The van der Waals surface area contributed by atoms with E-state index in [0.29, 0.717) is 10.9 Å². The third kappa shape index (κ3) is 4.32. The van der Waals surface area contributed by atoms with Crippen LogP contribution in [0.25, 0.3) is 10.9 Å². The second-order valence-corrected chi connectivity index (χ2v) is 6.75. The summed E-state index contributed by atoms with van der Waals surface area (Å²) in [6, 6.07) is 15.1. The maximum Gasteiger partial charge on any atom is 0.331 e. The first-order valence-corrected chi connectivity index (χ1v) is 9.59. The van der Waals surface area contributed by atoms with E-state index in [9.17, 15) is 19.2 Å². The van der Waals surface area contributed by atoms with E-state index in [2.05, 4.69) is 5.32 Å². The van der Waals surface area contributed by atoms with Gasteiger partial charge in [0.25, 0.3) is 5.56 Å². The van der Waals surface area contributed by atoms with Crippen molar-refractivity contribution < 1.29 is 14.3 Å². The van der Waals surface area contributed by atoms with Crippen LogP contribution in [-0.2, 0) is 27.4 Å². The van der Waals surface area contributed by atoms with Crippen LogP contribution in [0.1, 0.15) is 24.9 Å². The van der Waals surface area contributed by atoms with E-state index in [4.69, 9.17) is 4.74 Å². The predicted molar refractivity (Wildman–Crippen MR) is 112 cm³/mol. The number of nitrogens with one attached hydrogen (secondary N) is 1. The molecule has 8 heteroatoms. The average Bonchev–Trinajstić information content (AvgIpc) is 2.77. The molecule has 1 atom stereocenters. The number of esters is 1. The summed E-state index contributed by atoms with van der Waals surface area (Å²) < 4.78 is 7.11. The fraction of sp³-hybridized carbons (Fsp3) is 0.273. The van der Waals surface area contributed by atoms with Crippen LogP contribution >= 0.6 is 0 Å². The van der Waals surface area contributed by atoms with Gasteiger partial charge in [-0.05, 0) is 24.6 Å². The molecule has 0 saturated carbocycles. The molecule has 30 heavy (non-hydrogen) atoms. The van der Waals surface area contributed by atoms with Gasteiger partial charge in [0.05, 0.1) is 30.5 Å². The van der Waals surface area contributed by atoms with Gasteiger partial charge in [-0.15, -0.1) is 0 Å². The maximum atomic E-state index is 12.8. The highest BCUT2D eigenvalue weighted by atomic mass is 16.5. The maximum absolute atomic E-state index is 12.8. The van der Waals surface area contributed by atoms with Crippen molar-refractivity contribution in [1.29, 1.82) is 0 Å². The number of carbonyl (C=O) groups excluding carboxylic acids is 2. The van der Waals surface area contributed by atoms with Gasteiger partial charge in [-0.1, -0.05) is 42.5 Å². The molecule has 0 aliphatic carbocycles. The zero-order valence-corrected chi connectivity index (χ0v) is 16.8. The van der Waals surface area contributed by atoms with Crippen molar-refractivity contribution in [2.75, 3.05) is 7.11 Å². The quantitative estimate of drug-likeness (QED) is 0.598. The molecular formula is C22H23N3O5. The summed E-state index contributed by atoms with van der Waals surface area (Å²) in [6.07, 6.45) is -0.0453. The van der Waals surface area contributed by atoms with E-state index in [-0.39, 0.29) is 25.1 Å². The van der Waals surface area contributed by atoms with Gasteiger partial charge in [-0.2, -0.15) is 0 Å². The first kappa shape index (κ1) is 21.0. The first-order valence-electron chi connectivity index (χ1n) is 9.59. The normalized spacial score (nSPS) is 11.8. The summed E-state index contributed by atoms with van der Waals surface area (Å²) >= 11 is 0. The van der Waals surface area contributed by atoms with Crippen LogP contribution in [-0.4, -0.2) is 28.1 Å².